The highest BCUT2D eigenvalue weighted by molar-refractivity contribution is 7.98. The van der Waals surface area contributed by atoms with Crippen molar-refractivity contribution in [3.05, 3.63) is 0 Å². The SMILES string of the molecule is CSC[C@H](NC(=O)CCN1CCCCCC1=O)C(=O)O. The highest BCUT2D eigenvalue weighted by Crippen LogP contribution is 2.11. The van der Waals surface area contributed by atoms with Gasteiger partial charge in [0.1, 0.15) is 6.04 Å². The summed E-state index contributed by atoms with van der Waals surface area (Å²) in [5, 5.41) is 11.4. The van der Waals surface area contributed by atoms with E-state index in [-0.39, 0.29) is 18.2 Å². The van der Waals surface area contributed by atoms with Crippen LogP contribution in [-0.4, -0.2) is 58.9 Å². The molecule has 1 heterocycles. The van der Waals surface area contributed by atoms with Crippen LogP contribution in [-0.2, 0) is 14.4 Å². The molecule has 2 amide bonds. The number of rotatable bonds is 7. The number of likely N-dealkylation sites (tertiary alicyclic amines) is 1. The number of hydrogen-bond donors (Lipinski definition) is 2. The molecule has 0 radical (unpaired) electrons. The van der Waals surface area contributed by atoms with Crippen LogP contribution in [0.25, 0.3) is 0 Å². The van der Waals surface area contributed by atoms with E-state index >= 15 is 0 Å². The van der Waals surface area contributed by atoms with Crippen molar-refractivity contribution in [3.8, 4) is 0 Å². The van der Waals surface area contributed by atoms with Crippen molar-refractivity contribution in [1.29, 1.82) is 0 Å². The van der Waals surface area contributed by atoms with Gasteiger partial charge in [0.25, 0.3) is 0 Å². The minimum absolute atomic E-state index is 0.0919. The molecule has 2 N–H and O–H groups in total. The maximum atomic E-state index is 11.8. The van der Waals surface area contributed by atoms with E-state index < -0.39 is 12.0 Å². The lowest BCUT2D eigenvalue weighted by molar-refractivity contribution is -0.141. The maximum absolute atomic E-state index is 11.8. The largest absolute Gasteiger partial charge is 0.480 e. The van der Waals surface area contributed by atoms with E-state index in [0.717, 1.165) is 19.3 Å². The molecular weight excluding hydrogens is 280 g/mol. The zero-order chi connectivity index (χ0) is 15.0. The summed E-state index contributed by atoms with van der Waals surface area (Å²) in [6, 6.07) is -0.864. The van der Waals surface area contributed by atoms with Crippen LogP contribution in [0.4, 0.5) is 0 Å². The number of nitrogens with one attached hydrogen (secondary N) is 1. The topological polar surface area (TPSA) is 86.7 Å². The van der Waals surface area contributed by atoms with E-state index in [2.05, 4.69) is 5.32 Å². The van der Waals surface area contributed by atoms with Gasteiger partial charge in [0.15, 0.2) is 0 Å². The van der Waals surface area contributed by atoms with Gasteiger partial charge in [0.2, 0.25) is 11.8 Å². The Morgan fingerprint density at radius 2 is 2.15 bits per heavy atom. The molecule has 0 aromatic heterocycles. The first kappa shape index (κ1) is 16.8. The molecule has 1 saturated heterocycles. The number of carbonyl (C=O) groups is 3. The molecule has 0 unspecified atom stereocenters. The molecule has 0 aromatic carbocycles. The molecule has 6 nitrogen and oxygen atoms in total. The van der Waals surface area contributed by atoms with E-state index in [1.807, 2.05) is 0 Å². The summed E-state index contributed by atoms with van der Waals surface area (Å²) in [4.78, 5) is 36.1. The van der Waals surface area contributed by atoms with E-state index in [0.29, 0.717) is 25.3 Å². The van der Waals surface area contributed by atoms with Gasteiger partial charge >= 0.3 is 5.97 Å². The smallest absolute Gasteiger partial charge is 0.327 e. The average molecular weight is 302 g/mol. The number of thioether (sulfide) groups is 1. The van der Waals surface area contributed by atoms with Crippen molar-refractivity contribution in [2.45, 2.75) is 38.1 Å². The van der Waals surface area contributed by atoms with Crippen molar-refractivity contribution < 1.29 is 19.5 Å². The van der Waals surface area contributed by atoms with Crippen LogP contribution in [0, 0.1) is 0 Å². The van der Waals surface area contributed by atoms with Gasteiger partial charge in [-0.15, -0.1) is 0 Å². The molecule has 0 aliphatic carbocycles. The summed E-state index contributed by atoms with van der Waals surface area (Å²) in [7, 11) is 0. The first-order valence-corrected chi connectivity index (χ1v) is 8.23. The predicted octanol–water partition coefficient (Wildman–Crippen LogP) is 0.711. The van der Waals surface area contributed by atoms with E-state index in [4.69, 9.17) is 5.11 Å². The minimum atomic E-state index is -1.03. The van der Waals surface area contributed by atoms with Crippen LogP contribution in [0.1, 0.15) is 32.1 Å². The minimum Gasteiger partial charge on any atom is -0.480 e. The molecule has 1 aliphatic rings. The molecule has 0 saturated carbocycles. The Kier molecular flexibility index (Phi) is 7.43. The normalized spacial score (nSPS) is 17.4. The Morgan fingerprint density at radius 1 is 1.40 bits per heavy atom. The fourth-order valence-electron chi connectivity index (χ4n) is 2.12. The Labute approximate surface area is 123 Å². The van der Waals surface area contributed by atoms with E-state index in [9.17, 15) is 14.4 Å². The number of hydrogen-bond acceptors (Lipinski definition) is 4. The second-order valence-electron chi connectivity index (χ2n) is 4.86. The second-order valence-corrected chi connectivity index (χ2v) is 5.77. The molecular formula is C13H22N2O4S. The summed E-state index contributed by atoms with van der Waals surface area (Å²) in [6.07, 6.45) is 5.42. The van der Waals surface area contributed by atoms with Gasteiger partial charge < -0.3 is 15.3 Å². The van der Waals surface area contributed by atoms with Crippen molar-refractivity contribution in [3.63, 3.8) is 0 Å². The molecule has 1 aliphatic heterocycles. The molecule has 20 heavy (non-hydrogen) atoms. The number of carbonyl (C=O) groups excluding carboxylic acids is 2. The van der Waals surface area contributed by atoms with E-state index in [1.54, 1.807) is 11.2 Å². The quantitative estimate of drug-likeness (QED) is 0.723. The van der Waals surface area contributed by atoms with Crippen LogP contribution in [0.2, 0.25) is 0 Å². The van der Waals surface area contributed by atoms with Gasteiger partial charge in [-0.3, -0.25) is 9.59 Å². The van der Waals surface area contributed by atoms with Crippen LogP contribution in [0.3, 0.4) is 0 Å². The summed E-state index contributed by atoms with van der Waals surface area (Å²) in [5.74, 6) is -0.916. The van der Waals surface area contributed by atoms with Gasteiger partial charge in [-0.1, -0.05) is 6.42 Å². The van der Waals surface area contributed by atoms with Crippen LogP contribution in [0.5, 0.6) is 0 Å². The van der Waals surface area contributed by atoms with Gasteiger partial charge in [0.05, 0.1) is 0 Å². The Morgan fingerprint density at radius 3 is 2.80 bits per heavy atom. The summed E-state index contributed by atoms with van der Waals surface area (Å²) in [5.41, 5.74) is 0. The second kappa shape index (κ2) is 8.84. The Hall–Kier alpha value is -1.24. The molecule has 1 atom stereocenters. The lowest BCUT2D eigenvalue weighted by Crippen LogP contribution is -2.44. The van der Waals surface area contributed by atoms with Gasteiger partial charge in [-0.05, 0) is 19.1 Å². The standard InChI is InChI=1S/C13H22N2O4S/c1-20-9-10(13(18)19)14-11(16)6-8-15-7-4-2-3-5-12(15)17/h10H,2-9H2,1H3,(H,14,16)(H,18,19)/t10-/m0/s1. The maximum Gasteiger partial charge on any atom is 0.327 e. The third-order valence-electron chi connectivity index (χ3n) is 3.25. The first-order valence-electron chi connectivity index (χ1n) is 6.83. The average Bonchev–Trinajstić information content (AvgIpc) is 2.60. The predicted molar refractivity (Wildman–Crippen MR) is 77.6 cm³/mol. The van der Waals surface area contributed by atoms with Crippen LogP contribution in [0.15, 0.2) is 0 Å². The van der Waals surface area contributed by atoms with Crippen LogP contribution < -0.4 is 5.32 Å². The van der Waals surface area contributed by atoms with Crippen LogP contribution >= 0.6 is 11.8 Å². The van der Waals surface area contributed by atoms with Gasteiger partial charge in [0, 0.05) is 31.7 Å². The lowest BCUT2D eigenvalue weighted by atomic mass is 10.2. The fraction of sp³-hybridized carbons (Fsp3) is 0.769. The van der Waals surface area contributed by atoms with Crippen molar-refractivity contribution >= 4 is 29.5 Å². The molecule has 0 bridgehead atoms. The first-order chi connectivity index (χ1) is 9.54. The Bertz CT molecular complexity index is 362. The van der Waals surface area contributed by atoms with Crippen molar-refractivity contribution in [2.75, 3.05) is 25.1 Å². The molecule has 1 rings (SSSR count). The summed E-state index contributed by atoms with van der Waals surface area (Å²) in [6.45, 7) is 1.07. The molecule has 114 valence electrons. The zero-order valence-electron chi connectivity index (χ0n) is 11.8. The van der Waals surface area contributed by atoms with Crippen molar-refractivity contribution in [2.24, 2.45) is 0 Å². The highest BCUT2D eigenvalue weighted by Gasteiger charge is 2.21. The number of amides is 2. The molecule has 7 heteroatoms. The van der Waals surface area contributed by atoms with E-state index in [1.165, 1.54) is 11.8 Å². The number of carboxylic acids is 1. The van der Waals surface area contributed by atoms with Crippen molar-refractivity contribution in [1.82, 2.24) is 10.2 Å². The monoisotopic (exact) mass is 302 g/mol. The fourth-order valence-corrected chi connectivity index (χ4v) is 2.68. The third-order valence-corrected chi connectivity index (χ3v) is 3.91. The third kappa shape index (κ3) is 5.81. The molecule has 0 spiro atoms. The van der Waals surface area contributed by atoms with Gasteiger partial charge in [-0.2, -0.15) is 11.8 Å². The number of aliphatic carboxylic acids is 1. The zero-order valence-corrected chi connectivity index (χ0v) is 12.6. The Balaban J connectivity index is 2.37. The lowest BCUT2D eigenvalue weighted by Gasteiger charge is -2.20. The highest BCUT2D eigenvalue weighted by atomic mass is 32.2. The summed E-state index contributed by atoms with van der Waals surface area (Å²) >= 11 is 1.37. The number of carboxylic acid groups (broad SMARTS) is 1. The molecule has 0 aromatic rings. The van der Waals surface area contributed by atoms with Gasteiger partial charge in [-0.25, -0.2) is 4.79 Å². The molecule has 1 fully saturated rings. The summed E-state index contributed by atoms with van der Waals surface area (Å²) < 4.78 is 0. The number of nitrogens with zero attached hydrogens (tertiary/aromatic N) is 1.